The third-order valence-electron chi connectivity index (χ3n) is 2.11. The molecule has 0 spiro atoms. The standard InChI is InChI=1S/C10H15N3S2.HI/c1-2-14-10-11-7-13(8-12-10)6-9-4-3-5-15-9;/h3-5H,2,6-8H2,1H3,(H,11,12);1H. The predicted molar refractivity (Wildman–Crippen MR) is 83.7 cm³/mol. The van der Waals surface area contributed by atoms with Crippen LogP contribution in [0.25, 0.3) is 0 Å². The fourth-order valence-corrected chi connectivity index (χ4v) is 2.75. The molecule has 0 saturated heterocycles. The number of halogens is 1. The molecule has 1 aromatic heterocycles. The Balaban J connectivity index is 0.00000128. The summed E-state index contributed by atoms with van der Waals surface area (Å²) in [5.41, 5.74) is 0. The smallest absolute Gasteiger partial charge is 0.158 e. The highest BCUT2D eigenvalue weighted by molar-refractivity contribution is 14.0. The molecule has 0 atom stereocenters. The van der Waals surface area contributed by atoms with Gasteiger partial charge in [0.15, 0.2) is 5.17 Å². The van der Waals surface area contributed by atoms with Gasteiger partial charge in [0.1, 0.15) is 0 Å². The number of nitrogens with one attached hydrogen (secondary N) is 1. The molecule has 0 bridgehead atoms. The number of aliphatic imine (C=N–C) groups is 1. The van der Waals surface area contributed by atoms with E-state index in [4.69, 9.17) is 0 Å². The first-order valence-electron chi connectivity index (χ1n) is 5.04. The topological polar surface area (TPSA) is 27.6 Å². The highest BCUT2D eigenvalue weighted by Gasteiger charge is 2.12. The Labute approximate surface area is 122 Å². The number of rotatable bonds is 3. The van der Waals surface area contributed by atoms with E-state index in [1.807, 2.05) is 0 Å². The Bertz CT molecular complexity index is 327. The van der Waals surface area contributed by atoms with Crippen LogP contribution in [0.4, 0.5) is 0 Å². The van der Waals surface area contributed by atoms with Crippen molar-refractivity contribution < 1.29 is 0 Å². The van der Waals surface area contributed by atoms with Crippen molar-refractivity contribution in [2.75, 3.05) is 19.1 Å². The summed E-state index contributed by atoms with van der Waals surface area (Å²) >= 11 is 3.58. The second-order valence-electron chi connectivity index (χ2n) is 3.28. The summed E-state index contributed by atoms with van der Waals surface area (Å²) in [6.07, 6.45) is 0. The van der Waals surface area contributed by atoms with E-state index < -0.39 is 0 Å². The van der Waals surface area contributed by atoms with Crippen molar-refractivity contribution in [1.82, 2.24) is 10.2 Å². The molecule has 0 amide bonds. The lowest BCUT2D eigenvalue weighted by atomic mass is 10.4. The van der Waals surface area contributed by atoms with E-state index in [0.29, 0.717) is 0 Å². The van der Waals surface area contributed by atoms with Crippen molar-refractivity contribution in [3.05, 3.63) is 22.4 Å². The van der Waals surface area contributed by atoms with Crippen LogP contribution in [-0.2, 0) is 6.54 Å². The highest BCUT2D eigenvalue weighted by Crippen LogP contribution is 2.13. The van der Waals surface area contributed by atoms with E-state index in [0.717, 1.165) is 30.8 Å². The van der Waals surface area contributed by atoms with Crippen LogP contribution >= 0.6 is 47.1 Å². The van der Waals surface area contributed by atoms with Crippen LogP contribution in [0.2, 0.25) is 0 Å². The zero-order valence-corrected chi connectivity index (χ0v) is 13.1. The molecule has 1 N–H and O–H groups in total. The summed E-state index contributed by atoms with van der Waals surface area (Å²) in [5.74, 6) is 1.08. The average molecular weight is 369 g/mol. The number of hydrogen-bond donors (Lipinski definition) is 1. The van der Waals surface area contributed by atoms with E-state index >= 15 is 0 Å². The summed E-state index contributed by atoms with van der Waals surface area (Å²) in [6, 6.07) is 4.27. The molecule has 0 unspecified atom stereocenters. The Kier molecular flexibility index (Phi) is 6.71. The fourth-order valence-electron chi connectivity index (χ4n) is 1.41. The molecule has 0 fully saturated rings. The Hall–Kier alpha value is 0.210. The van der Waals surface area contributed by atoms with E-state index in [2.05, 4.69) is 39.6 Å². The van der Waals surface area contributed by atoms with Crippen LogP contribution in [0.5, 0.6) is 0 Å². The van der Waals surface area contributed by atoms with Gasteiger partial charge < -0.3 is 5.32 Å². The molecule has 0 aromatic carbocycles. The first-order chi connectivity index (χ1) is 7.38. The van der Waals surface area contributed by atoms with E-state index in [-0.39, 0.29) is 24.0 Å². The van der Waals surface area contributed by atoms with Gasteiger partial charge in [-0.05, 0) is 17.2 Å². The van der Waals surface area contributed by atoms with Crippen LogP contribution < -0.4 is 5.32 Å². The summed E-state index contributed by atoms with van der Waals surface area (Å²) in [4.78, 5) is 8.18. The maximum Gasteiger partial charge on any atom is 0.158 e. The Morgan fingerprint density at radius 1 is 1.62 bits per heavy atom. The molecule has 1 aromatic rings. The Morgan fingerprint density at radius 3 is 3.06 bits per heavy atom. The predicted octanol–water partition coefficient (Wildman–Crippen LogP) is 2.80. The van der Waals surface area contributed by atoms with E-state index in [9.17, 15) is 0 Å². The summed E-state index contributed by atoms with van der Waals surface area (Å²) in [6.45, 7) is 4.86. The third kappa shape index (κ3) is 4.23. The van der Waals surface area contributed by atoms with Gasteiger partial charge in [-0.25, -0.2) is 4.99 Å². The fraction of sp³-hybridized carbons (Fsp3) is 0.500. The van der Waals surface area contributed by atoms with Crippen molar-refractivity contribution in [2.24, 2.45) is 4.99 Å². The van der Waals surface area contributed by atoms with Gasteiger partial charge in [0.2, 0.25) is 0 Å². The molecule has 6 heteroatoms. The SMILES string of the molecule is CCSC1=NCN(Cc2cccs2)CN1.I. The summed E-state index contributed by atoms with van der Waals surface area (Å²) < 4.78 is 0. The molecular weight excluding hydrogens is 353 g/mol. The van der Waals surface area contributed by atoms with Crippen LogP contribution in [0.15, 0.2) is 22.5 Å². The second kappa shape index (κ2) is 7.52. The van der Waals surface area contributed by atoms with Crippen molar-refractivity contribution >= 4 is 52.2 Å². The normalized spacial score (nSPS) is 16.2. The minimum atomic E-state index is 0. The largest absolute Gasteiger partial charge is 0.352 e. The van der Waals surface area contributed by atoms with Gasteiger partial charge in [-0.15, -0.1) is 35.3 Å². The van der Waals surface area contributed by atoms with Crippen LogP contribution in [0.1, 0.15) is 11.8 Å². The zero-order chi connectivity index (χ0) is 10.5. The quantitative estimate of drug-likeness (QED) is 0.831. The number of thioether (sulfide) groups is 1. The number of thiophene rings is 1. The molecular formula is C10H16IN3S2. The molecule has 0 saturated carbocycles. The van der Waals surface area contributed by atoms with Gasteiger partial charge in [0.25, 0.3) is 0 Å². The van der Waals surface area contributed by atoms with Gasteiger partial charge >= 0.3 is 0 Å². The molecule has 2 heterocycles. The Morgan fingerprint density at radius 2 is 2.50 bits per heavy atom. The molecule has 3 nitrogen and oxygen atoms in total. The number of amidine groups is 1. The lowest BCUT2D eigenvalue weighted by Crippen LogP contribution is -2.41. The number of nitrogens with zero attached hydrogens (tertiary/aromatic N) is 2. The minimum Gasteiger partial charge on any atom is -0.352 e. The third-order valence-corrected chi connectivity index (χ3v) is 3.81. The second-order valence-corrected chi connectivity index (χ2v) is 5.57. The molecule has 0 aliphatic carbocycles. The van der Waals surface area contributed by atoms with Crippen LogP contribution in [0.3, 0.4) is 0 Å². The average Bonchev–Trinajstić information content (AvgIpc) is 2.74. The van der Waals surface area contributed by atoms with Gasteiger partial charge in [0.05, 0.1) is 13.3 Å². The molecule has 16 heavy (non-hydrogen) atoms. The van der Waals surface area contributed by atoms with Gasteiger partial charge in [-0.1, -0.05) is 24.8 Å². The molecule has 2 rings (SSSR count). The van der Waals surface area contributed by atoms with E-state index in [1.165, 1.54) is 4.88 Å². The molecule has 0 radical (unpaired) electrons. The number of hydrogen-bond acceptors (Lipinski definition) is 5. The van der Waals surface area contributed by atoms with Crippen molar-refractivity contribution in [2.45, 2.75) is 13.5 Å². The van der Waals surface area contributed by atoms with Crippen molar-refractivity contribution in [1.29, 1.82) is 0 Å². The maximum atomic E-state index is 4.48. The monoisotopic (exact) mass is 369 g/mol. The first kappa shape index (κ1) is 14.3. The summed E-state index contributed by atoms with van der Waals surface area (Å²) in [5, 5.41) is 6.53. The van der Waals surface area contributed by atoms with Gasteiger partial charge in [-0.3, -0.25) is 4.90 Å². The van der Waals surface area contributed by atoms with Crippen molar-refractivity contribution in [3.8, 4) is 0 Å². The van der Waals surface area contributed by atoms with Gasteiger partial charge in [-0.2, -0.15) is 0 Å². The van der Waals surface area contributed by atoms with Crippen molar-refractivity contribution in [3.63, 3.8) is 0 Å². The highest BCUT2D eigenvalue weighted by atomic mass is 127. The maximum absolute atomic E-state index is 4.48. The lowest BCUT2D eigenvalue weighted by molar-refractivity contribution is 0.261. The lowest BCUT2D eigenvalue weighted by Gasteiger charge is -2.25. The molecule has 1 aliphatic heterocycles. The summed E-state index contributed by atoms with van der Waals surface area (Å²) in [7, 11) is 0. The van der Waals surface area contributed by atoms with Crippen LogP contribution in [0, 0.1) is 0 Å². The first-order valence-corrected chi connectivity index (χ1v) is 6.91. The van der Waals surface area contributed by atoms with Crippen LogP contribution in [-0.4, -0.2) is 29.2 Å². The van der Waals surface area contributed by atoms with Gasteiger partial charge in [0, 0.05) is 11.4 Å². The molecule has 1 aliphatic rings. The van der Waals surface area contributed by atoms with E-state index in [1.54, 1.807) is 23.1 Å². The minimum absolute atomic E-state index is 0. The zero-order valence-electron chi connectivity index (χ0n) is 9.18. The molecule has 90 valence electrons.